The predicted octanol–water partition coefficient (Wildman–Crippen LogP) is 3.66. The predicted molar refractivity (Wildman–Crippen MR) is 116 cm³/mol. The van der Waals surface area contributed by atoms with Gasteiger partial charge in [0.1, 0.15) is 6.04 Å². The topological polar surface area (TPSA) is 114 Å². The van der Waals surface area contributed by atoms with Crippen molar-refractivity contribution in [1.82, 2.24) is 14.9 Å². The quantitative estimate of drug-likeness (QED) is 0.570. The fourth-order valence-corrected chi connectivity index (χ4v) is 5.02. The number of hydrogen-bond donors (Lipinski definition) is 2. The van der Waals surface area contributed by atoms with Gasteiger partial charge >= 0.3 is 0 Å². The Bertz CT molecular complexity index is 1150. The molecule has 2 N–H and O–H groups in total. The summed E-state index contributed by atoms with van der Waals surface area (Å²) in [6.45, 7) is 9.01. The van der Waals surface area contributed by atoms with Gasteiger partial charge < -0.3 is 9.84 Å². The van der Waals surface area contributed by atoms with Crippen LogP contribution < -0.4 is 10.0 Å². The van der Waals surface area contributed by atoms with E-state index in [4.69, 9.17) is 4.52 Å². The molecule has 0 fully saturated rings. The van der Waals surface area contributed by atoms with Gasteiger partial charge in [-0.2, -0.15) is 9.71 Å². The van der Waals surface area contributed by atoms with Crippen LogP contribution in [0.25, 0.3) is 10.7 Å². The molecule has 0 radical (unpaired) electrons. The number of carbonyl (C=O) groups is 1. The zero-order valence-electron chi connectivity index (χ0n) is 17.4. The number of sulfonamides is 1. The van der Waals surface area contributed by atoms with Gasteiger partial charge in [0, 0.05) is 11.8 Å². The van der Waals surface area contributed by atoms with Crippen molar-refractivity contribution in [1.29, 1.82) is 0 Å². The molecule has 3 rings (SSSR count). The number of nitrogens with one attached hydrogen (secondary N) is 2. The molecule has 0 saturated heterocycles. The van der Waals surface area contributed by atoms with Crippen molar-refractivity contribution in [2.75, 3.05) is 5.32 Å². The van der Waals surface area contributed by atoms with Gasteiger partial charge in [-0.15, -0.1) is 11.3 Å². The van der Waals surface area contributed by atoms with Crippen LogP contribution in [0.5, 0.6) is 0 Å². The van der Waals surface area contributed by atoms with Crippen LogP contribution in [0.2, 0.25) is 0 Å². The molecule has 8 nitrogen and oxygen atoms in total. The van der Waals surface area contributed by atoms with Gasteiger partial charge in [-0.05, 0) is 38.0 Å². The van der Waals surface area contributed by atoms with Gasteiger partial charge in [0.15, 0.2) is 0 Å². The zero-order chi connectivity index (χ0) is 22.1. The SMILES string of the molecule is Cc1ccc(S(=O)(=O)NC(C(=O)Nc2cc(-c3noc(C)n3)sc2C)C(C)C)cc1. The van der Waals surface area contributed by atoms with Crippen LogP contribution in [0.1, 0.15) is 30.2 Å². The molecule has 160 valence electrons. The van der Waals surface area contributed by atoms with E-state index in [0.29, 0.717) is 17.4 Å². The number of benzene rings is 1. The summed E-state index contributed by atoms with van der Waals surface area (Å²) in [5.74, 6) is 0.203. The lowest BCUT2D eigenvalue weighted by Crippen LogP contribution is -2.47. The van der Waals surface area contributed by atoms with Gasteiger partial charge in [-0.25, -0.2) is 8.42 Å². The monoisotopic (exact) mass is 448 g/mol. The number of thiophene rings is 1. The van der Waals surface area contributed by atoms with E-state index in [1.807, 2.05) is 13.8 Å². The molecule has 30 heavy (non-hydrogen) atoms. The van der Waals surface area contributed by atoms with Crippen molar-refractivity contribution in [2.45, 2.75) is 45.6 Å². The summed E-state index contributed by atoms with van der Waals surface area (Å²) >= 11 is 1.42. The second-order valence-electron chi connectivity index (χ2n) is 7.36. The van der Waals surface area contributed by atoms with Crippen LogP contribution >= 0.6 is 11.3 Å². The van der Waals surface area contributed by atoms with E-state index in [9.17, 15) is 13.2 Å². The molecule has 0 aliphatic heterocycles. The Morgan fingerprint density at radius 3 is 2.37 bits per heavy atom. The number of carbonyl (C=O) groups excluding carboxylic acids is 1. The van der Waals surface area contributed by atoms with Crippen LogP contribution in [-0.2, 0) is 14.8 Å². The summed E-state index contributed by atoms with van der Waals surface area (Å²) in [5, 5.41) is 6.72. The standard InChI is InChI=1S/C20H24N4O4S2/c1-11(2)18(24-30(26,27)15-8-6-12(3)7-9-15)20(25)22-16-10-17(29-13(16)4)19-21-14(5)28-23-19/h6-11,18,24H,1-5H3,(H,22,25). The Morgan fingerprint density at radius 2 is 1.80 bits per heavy atom. The van der Waals surface area contributed by atoms with E-state index >= 15 is 0 Å². The summed E-state index contributed by atoms with van der Waals surface area (Å²) < 4.78 is 33.1. The normalized spacial score (nSPS) is 12.9. The molecule has 0 aliphatic carbocycles. The summed E-state index contributed by atoms with van der Waals surface area (Å²) in [5.41, 5.74) is 1.54. The molecule has 1 atom stereocenters. The molecule has 0 aliphatic rings. The number of nitrogens with zero attached hydrogens (tertiary/aromatic N) is 2. The van der Waals surface area contributed by atoms with Crippen LogP contribution in [0, 0.1) is 26.7 Å². The van der Waals surface area contributed by atoms with Gasteiger partial charge in [-0.3, -0.25) is 4.79 Å². The van der Waals surface area contributed by atoms with E-state index in [1.54, 1.807) is 39.0 Å². The highest BCUT2D eigenvalue weighted by atomic mass is 32.2. The lowest BCUT2D eigenvalue weighted by molar-refractivity contribution is -0.118. The highest BCUT2D eigenvalue weighted by molar-refractivity contribution is 7.89. The summed E-state index contributed by atoms with van der Waals surface area (Å²) in [4.78, 5) is 18.9. The van der Waals surface area contributed by atoms with Crippen molar-refractivity contribution >= 4 is 33.0 Å². The van der Waals surface area contributed by atoms with E-state index in [0.717, 1.165) is 15.3 Å². The smallest absolute Gasteiger partial charge is 0.242 e. The second kappa shape index (κ2) is 8.66. The molecule has 3 aromatic rings. The highest BCUT2D eigenvalue weighted by Gasteiger charge is 2.29. The fourth-order valence-electron chi connectivity index (χ4n) is 2.77. The Labute approximate surface area is 179 Å². The number of amides is 1. The van der Waals surface area contributed by atoms with Crippen molar-refractivity contribution in [2.24, 2.45) is 5.92 Å². The number of aryl methyl sites for hydroxylation is 3. The van der Waals surface area contributed by atoms with Gasteiger partial charge in [0.25, 0.3) is 0 Å². The largest absolute Gasteiger partial charge is 0.339 e. The van der Waals surface area contributed by atoms with Gasteiger partial charge in [0.2, 0.25) is 27.6 Å². The highest BCUT2D eigenvalue weighted by Crippen LogP contribution is 2.33. The second-order valence-corrected chi connectivity index (χ2v) is 10.3. The summed E-state index contributed by atoms with van der Waals surface area (Å²) in [7, 11) is -3.84. The lowest BCUT2D eigenvalue weighted by atomic mass is 10.0. The molecule has 0 spiro atoms. The average Bonchev–Trinajstić information content (AvgIpc) is 3.26. The lowest BCUT2D eigenvalue weighted by Gasteiger charge is -2.21. The first-order chi connectivity index (χ1) is 14.1. The molecule has 1 amide bonds. The van der Waals surface area contributed by atoms with Crippen LogP contribution in [-0.4, -0.2) is 30.5 Å². The molecular formula is C20H24N4O4S2. The molecule has 1 aromatic carbocycles. The number of hydrogen-bond acceptors (Lipinski definition) is 7. The molecule has 1 unspecified atom stereocenters. The van der Waals surface area contributed by atoms with Crippen molar-refractivity contribution in [3.8, 4) is 10.7 Å². The van der Waals surface area contributed by atoms with E-state index in [2.05, 4.69) is 20.2 Å². The Morgan fingerprint density at radius 1 is 1.13 bits per heavy atom. The maximum atomic E-state index is 12.9. The minimum Gasteiger partial charge on any atom is -0.339 e. The van der Waals surface area contributed by atoms with Crippen LogP contribution in [0.3, 0.4) is 0 Å². The third kappa shape index (κ3) is 4.94. The summed E-state index contributed by atoms with van der Waals surface area (Å²) in [6.07, 6.45) is 0. The Kier molecular flexibility index (Phi) is 6.39. The number of aromatic nitrogens is 2. The zero-order valence-corrected chi connectivity index (χ0v) is 19.0. The molecule has 10 heteroatoms. The first-order valence-corrected chi connectivity index (χ1v) is 11.7. The number of anilines is 1. The van der Waals surface area contributed by atoms with Gasteiger partial charge in [0.05, 0.1) is 15.5 Å². The van der Waals surface area contributed by atoms with E-state index in [-0.39, 0.29) is 10.8 Å². The molecule has 0 bridgehead atoms. The maximum absolute atomic E-state index is 12.9. The van der Waals surface area contributed by atoms with Crippen LogP contribution in [0.15, 0.2) is 39.8 Å². The van der Waals surface area contributed by atoms with Gasteiger partial charge in [-0.1, -0.05) is 36.7 Å². The minimum absolute atomic E-state index is 0.119. The number of rotatable bonds is 7. The Hall–Kier alpha value is -2.56. The van der Waals surface area contributed by atoms with Crippen molar-refractivity contribution < 1.29 is 17.7 Å². The van der Waals surface area contributed by atoms with Crippen molar-refractivity contribution in [3.05, 3.63) is 46.7 Å². The summed E-state index contributed by atoms with van der Waals surface area (Å²) in [6, 6.07) is 7.30. The third-order valence-electron chi connectivity index (χ3n) is 4.49. The van der Waals surface area contributed by atoms with Crippen molar-refractivity contribution in [3.63, 3.8) is 0 Å². The molecule has 2 aromatic heterocycles. The van der Waals surface area contributed by atoms with E-state index < -0.39 is 22.0 Å². The van der Waals surface area contributed by atoms with E-state index in [1.165, 1.54) is 23.5 Å². The molecule has 0 saturated carbocycles. The average molecular weight is 449 g/mol. The fraction of sp³-hybridized carbons (Fsp3) is 0.350. The first kappa shape index (κ1) is 22.1. The van der Waals surface area contributed by atoms with Crippen LogP contribution in [0.4, 0.5) is 5.69 Å². The maximum Gasteiger partial charge on any atom is 0.242 e. The first-order valence-electron chi connectivity index (χ1n) is 9.38. The molecule has 2 heterocycles. The molecular weight excluding hydrogens is 424 g/mol. The minimum atomic E-state index is -3.84. The Balaban J connectivity index is 1.79. The third-order valence-corrected chi connectivity index (χ3v) is 6.99.